The van der Waals surface area contributed by atoms with E-state index in [9.17, 15) is 14.7 Å². The van der Waals surface area contributed by atoms with Crippen molar-refractivity contribution in [1.29, 1.82) is 0 Å². The predicted molar refractivity (Wildman–Crippen MR) is 79.3 cm³/mol. The first-order valence-electron chi connectivity index (χ1n) is 6.99. The number of thiophene rings is 1. The minimum absolute atomic E-state index is 0.0226. The number of carboxylic acids is 1. The molecule has 1 aliphatic heterocycles. The van der Waals surface area contributed by atoms with E-state index in [0.717, 1.165) is 21.7 Å². The van der Waals surface area contributed by atoms with Crippen molar-refractivity contribution in [2.45, 2.75) is 40.0 Å². The highest BCUT2D eigenvalue weighted by molar-refractivity contribution is 7.12. The Morgan fingerprint density at radius 2 is 2.15 bits per heavy atom. The summed E-state index contributed by atoms with van der Waals surface area (Å²) in [5, 5.41) is 9.48. The fourth-order valence-electron chi connectivity index (χ4n) is 2.93. The molecule has 5 heteroatoms. The average Bonchev–Trinajstić information content (AvgIpc) is 2.76. The molecule has 0 radical (unpaired) electrons. The van der Waals surface area contributed by atoms with E-state index < -0.39 is 11.4 Å². The minimum Gasteiger partial charge on any atom is -0.481 e. The Kier molecular flexibility index (Phi) is 4.18. The van der Waals surface area contributed by atoms with Gasteiger partial charge in [0, 0.05) is 22.8 Å². The fourth-order valence-corrected chi connectivity index (χ4v) is 3.85. The van der Waals surface area contributed by atoms with Crippen LogP contribution in [0.1, 0.15) is 46.3 Å². The van der Waals surface area contributed by atoms with Crippen LogP contribution in [-0.4, -0.2) is 35.0 Å². The summed E-state index contributed by atoms with van der Waals surface area (Å²) in [5.74, 6) is -0.804. The number of aryl methyl sites for hydroxylation is 2. The van der Waals surface area contributed by atoms with Gasteiger partial charge in [-0.25, -0.2) is 0 Å². The van der Waals surface area contributed by atoms with Crippen molar-refractivity contribution in [3.63, 3.8) is 0 Å². The lowest BCUT2D eigenvalue weighted by Gasteiger charge is -2.39. The smallest absolute Gasteiger partial charge is 0.311 e. The van der Waals surface area contributed by atoms with Crippen molar-refractivity contribution >= 4 is 23.2 Å². The molecule has 0 aromatic carbocycles. The summed E-state index contributed by atoms with van der Waals surface area (Å²) < 4.78 is 0. The molecule has 0 bridgehead atoms. The van der Waals surface area contributed by atoms with E-state index >= 15 is 0 Å². The lowest BCUT2D eigenvalue weighted by Crippen LogP contribution is -2.49. The Labute approximate surface area is 123 Å². The number of carbonyl (C=O) groups is 2. The van der Waals surface area contributed by atoms with Crippen LogP contribution in [0.4, 0.5) is 0 Å². The summed E-state index contributed by atoms with van der Waals surface area (Å²) in [4.78, 5) is 28.0. The maximum absolute atomic E-state index is 12.6. The number of hydrogen-bond donors (Lipinski definition) is 1. The normalized spacial score (nSPS) is 22.9. The molecule has 1 N–H and O–H groups in total. The first-order valence-corrected chi connectivity index (χ1v) is 7.81. The zero-order valence-corrected chi connectivity index (χ0v) is 13.0. The minimum atomic E-state index is -0.782. The molecule has 0 aliphatic carbocycles. The maximum Gasteiger partial charge on any atom is 0.311 e. The number of hydrogen-bond acceptors (Lipinski definition) is 3. The van der Waals surface area contributed by atoms with Crippen molar-refractivity contribution < 1.29 is 14.7 Å². The highest BCUT2D eigenvalue weighted by Crippen LogP contribution is 2.35. The van der Waals surface area contributed by atoms with Crippen molar-refractivity contribution in [1.82, 2.24) is 4.90 Å². The monoisotopic (exact) mass is 295 g/mol. The van der Waals surface area contributed by atoms with E-state index in [1.807, 2.05) is 26.8 Å². The van der Waals surface area contributed by atoms with E-state index in [2.05, 4.69) is 0 Å². The SMILES string of the molecule is CCC1(C(=O)O)CCCN(C(=O)c2cc(C)sc2C)C1. The van der Waals surface area contributed by atoms with E-state index in [-0.39, 0.29) is 5.91 Å². The topological polar surface area (TPSA) is 57.6 Å². The molecule has 1 aromatic heterocycles. The summed E-state index contributed by atoms with van der Waals surface area (Å²) in [6.07, 6.45) is 1.98. The van der Waals surface area contributed by atoms with E-state index in [0.29, 0.717) is 25.9 Å². The second-order valence-corrected chi connectivity index (χ2v) is 7.06. The van der Waals surface area contributed by atoms with Gasteiger partial charge in [-0.05, 0) is 39.2 Å². The molecule has 1 unspecified atom stereocenters. The second kappa shape index (κ2) is 5.56. The standard InChI is InChI=1S/C15H21NO3S/c1-4-15(14(18)19)6-5-7-16(9-15)13(17)12-8-10(2)20-11(12)3/h8H,4-7,9H2,1-3H3,(H,18,19). The Bertz CT molecular complexity index is 537. The zero-order valence-electron chi connectivity index (χ0n) is 12.2. The van der Waals surface area contributed by atoms with Crippen LogP contribution in [0.25, 0.3) is 0 Å². The second-order valence-electron chi connectivity index (χ2n) is 5.60. The Hall–Kier alpha value is -1.36. The summed E-state index contributed by atoms with van der Waals surface area (Å²) in [7, 11) is 0. The number of carboxylic acid groups (broad SMARTS) is 1. The van der Waals surface area contributed by atoms with Crippen LogP contribution in [0, 0.1) is 19.3 Å². The third-order valence-corrected chi connectivity index (χ3v) is 5.23. The maximum atomic E-state index is 12.6. The number of nitrogens with zero attached hydrogens (tertiary/aromatic N) is 1. The molecule has 1 fully saturated rings. The molecule has 1 atom stereocenters. The van der Waals surface area contributed by atoms with E-state index in [4.69, 9.17) is 0 Å². The summed E-state index contributed by atoms with van der Waals surface area (Å²) in [5.41, 5.74) is -0.0443. The number of piperidine rings is 1. The average molecular weight is 295 g/mol. The zero-order chi connectivity index (χ0) is 14.9. The van der Waals surface area contributed by atoms with Gasteiger partial charge < -0.3 is 10.0 Å². The van der Waals surface area contributed by atoms with Gasteiger partial charge in [0.25, 0.3) is 5.91 Å². The molecular weight excluding hydrogens is 274 g/mol. The van der Waals surface area contributed by atoms with Gasteiger partial charge in [-0.3, -0.25) is 9.59 Å². The van der Waals surface area contributed by atoms with Gasteiger partial charge in [0.15, 0.2) is 0 Å². The van der Waals surface area contributed by atoms with E-state index in [1.165, 1.54) is 0 Å². The molecule has 0 saturated carbocycles. The summed E-state index contributed by atoms with van der Waals surface area (Å²) in [6, 6.07) is 1.91. The predicted octanol–water partition coefficient (Wildman–Crippen LogP) is 3.08. The van der Waals surface area contributed by atoms with Crippen LogP contribution in [0.3, 0.4) is 0 Å². The van der Waals surface area contributed by atoms with Crippen LogP contribution >= 0.6 is 11.3 Å². The molecule has 20 heavy (non-hydrogen) atoms. The van der Waals surface area contributed by atoms with Gasteiger partial charge >= 0.3 is 5.97 Å². The van der Waals surface area contributed by atoms with Gasteiger partial charge in [-0.15, -0.1) is 11.3 Å². The molecule has 0 spiro atoms. The summed E-state index contributed by atoms with van der Waals surface area (Å²) in [6.45, 7) is 6.80. The van der Waals surface area contributed by atoms with Crippen molar-refractivity contribution in [3.8, 4) is 0 Å². The van der Waals surface area contributed by atoms with Crippen LogP contribution in [0.2, 0.25) is 0 Å². The highest BCUT2D eigenvalue weighted by atomic mass is 32.1. The van der Waals surface area contributed by atoms with Crippen LogP contribution < -0.4 is 0 Å². The first-order chi connectivity index (χ1) is 9.39. The Morgan fingerprint density at radius 3 is 2.65 bits per heavy atom. The number of amides is 1. The third-order valence-electron chi connectivity index (χ3n) is 4.27. The lowest BCUT2D eigenvalue weighted by atomic mass is 9.77. The summed E-state index contributed by atoms with van der Waals surface area (Å²) >= 11 is 1.61. The molecule has 1 amide bonds. The first kappa shape index (κ1) is 15.0. The van der Waals surface area contributed by atoms with Gasteiger partial charge in [0.05, 0.1) is 11.0 Å². The third kappa shape index (κ3) is 2.59. The van der Waals surface area contributed by atoms with Crippen molar-refractivity contribution in [2.24, 2.45) is 5.41 Å². The largest absolute Gasteiger partial charge is 0.481 e. The molecule has 1 aliphatic rings. The van der Waals surface area contributed by atoms with Crippen LogP contribution in [-0.2, 0) is 4.79 Å². The highest BCUT2D eigenvalue weighted by Gasteiger charge is 2.42. The molecule has 110 valence electrons. The lowest BCUT2D eigenvalue weighted by molar-refractivity contribution is -0.152. The molecule has 2 heterocycles. The van der Waals surface area contributed by atoms with E-state index in [1.54, 1.807) is 16.2 Å². The quantitative estimate of drug-likeness (QED) is 0.932. The van der Waals surface area contributed by atoms with Gasteiger partial charge in [0.1, 0.15) is 0 Å². The molecule has 2 rings (SSSR count). The Morgan fingerprint density at radius 1 is 1.45 bits per heavy atom. The van der Waals surface area contributed by atoms with Gasteiger partial charge in [0.2, 0.25) is 0 Å². The fraction of sp³-hybridized carbons (Fsp3) is 0.600. The Balaban J connectivity index is 2.23. The molecule has 4 nitrogen and oxygen atoms in total. The van der Waals surface area contributed by atoms with Crippen molar-refractivity contribution in [2.75, 3.05) is 13.1 Å². The number of aliphatic carboxylic acids is 1. The van der Waals surface area contributed by atoms with Crippen molar-refractivity contribution in [3.05, 3.63) is 21.4 Å². The number of likely N-dealkylation sites (tertiary alicyclic amines) is 1. The molecule has 1 saturated heterocycles. The van der Waals surface area contributed by atoms with Gasteiger partial charge in [-0.2, -0.15) is 0 Å². The number of rotatable bonds is 3. The molecule has 1 aromatic rings. The van der Waals surface area contributed by atoms with Gasteiger partial charge in [-0.1, -0.05) is 6.92 Å². The molecular formula is C15H21NO3S. The number of carbonyl (C=O) groups excluding carboxylic acids is 1. The van der Waals surface area contributed by atoms with Crippen LogP contribution in [0.15, 0.2) is 6.07 Å². The van der Waals surface area contributed by atoms with Crippen LogP contribution in [0.5, 0.6) is 0 Å².